The van der Waals surface area contributed by atoms with Gasteiger partial charge in [0.05, 0.1) is 106 Å². The number of anilines is 2. The van der Waals surface area contributed by atoms with E-state index in [1.165, 1.54) is 68.9 Å². The number of likely N-dealkylation sites (N-methyl/N-ethyl adjacent to an activating group) is 4. The number of nitrogens with two attached hydrogens (primary N) is 1. The first-order valence-electron chi connectivity index (χ1n) is 51.3. The number of ether oxygens (including phenoxy) is 13. The Hall–Kier alpha value is -12.4. The third-order valence-electron chi connectivity index (χ3n) is 24.9. The van der Waals surface area contributed by atoms with Gasteiger partial charge < -0.3 is 119 Å². The van der Waals surface area contributed by atoms with E-state index in [2.05, 4.69) is 37.2 Å². The molecule has 14 amide bonds. The number of primary amides is 1. The first kappa shape index (κ1) is 127. The van der Waals surface area contributed by atoms with Crippen LogP contribution in [0.2, 0.25) is 0 Å². The lowest BCUT2D eigenvalue weighted by Crippen LogP contribution is -2.57. The maximum absolute atomic E-state index is 14.8. The van der Waals surface area contributed by atoms with Crippen LogP contribution in [0.15, 0.2) is 96.1 Å². The van der Waals surface area contributed by atoms with Crippen LogP contribution in [0.1, 0.15) is 190 Å². The van der Waals surface area contributed by atoms with Crippen LogP contribution in [0.4, 0.5) is 30.6 Å². The number of carbonyl (C=O) groups is 17. The molecule has 3 aromatic carbocycles. The number of allylic oxidation sites excluding steroid dienone is 2. The first-order chi connectivity index (χ1) is 71.0. The number of hydrogen-bond acceptors (Lipinski definition) is 30. The van der Waals surface area contributed by atoms with Gasteiger partial charge in [0.15, 0.2) is 6.10 Å². The minimum Gasteiger partial charge on any atom is -0.456 e. The Kier molecular flexibility index (Phi) is 59.5. The zero-order valence-corrected chi connectivity index (χ0v) is 89.8. The number of ketones is 2. The highest BCUT2D eigenvalue weighted by atomic mass is 16.6. The van der Waals surface area contributed by atoms with Gasteiger partial charge in [0, 0.05) is 128 Å². The number of rotatable bonds is 59. The Bertz CT molecular complexity index is 4810. The summed E-state index contributed by atoms with van der Waals surface area (Å²) in [4.78, 5) is 233. The Morgan fingerprint density at radius 1 is 0.584 bits per heavy atom. The van der Waals surface area contributed by atoms with Crippen LogP contribution in [0.3, 0.4) is 0 Å². The molecule has 5 rings (SSSR count). The minimum atomic E-state index is -1.34. The molecule has 1 saturated heterocycles. The molecule has 0 spiro atoms. The molecule has 9 N–H and O–H groups in total. The van der Waals surface area contributed by atoms with Gasteiger partial charge in [-0.15, -0.1) is 0 Å². The van der Waals surface area contributed by atoms with E-state index in [-0.39, 0.29) is 169 Å². The summed E-state index contributed by atoms with van der Waals surface area (Å²) in [6, 6.07) is 12.2. The molecule has 11 atom stereocenters. The van der Waals surface area contributed by atoms with E-state index in [1.54, 1.807) is 101 Å². The summed E-state index contributed by atoms with van der Waals surface area (Å²) in [6.45, 7) is 27.7. The summed E-state index contributed by atoms with van der Waals surface area (Å²) < 4.78 is 72.9. The molecular weight excluding hydrogens is 1940 g/mol. The molecule has 3 aromatic rings. The molecule has 149 heavy (non-hydrogen) atoms. The lowest BCUT2D eigenvalue weighted by Gasteiger charge is -2.33. The zero-order valence-electron chi connectivity index (χ0n) is 89.8. The molecule has 43 nitrogen and oxygen atoms in total. The van der Waals surface area contributed by atoms with Gasteiger partial charge >= 0.3 is 36.2 Å². The van der Waals surface area contributed by atoms with Gasteiger partial charge in [-0.1, -0.05) is 110 Å². The number of cyclic esters (lactones) is 2. The van der Waals surface area contributed by atoms with Crippen LogP contribution >= 0.6 is 0 Å². The molecule has 0 radical (unpaired) electrons. The molecule has 2 unspecified atom stereocenters. The molecule has 0 saturated carbocycles. The van der Waals surface area contributed by atoms with Gasteiger partial charge in [-0.25, -0.2) is 28.8 Å². The van der Waals surface area contributed by atoms with Crippen LogP contribution < -0.4 is 47.7 Å². The Morgan fingerprint density at radius 2 is 1.11 bits per heavy atom. The van der Waals surface area contributed by atoms with E-state index in [0.29, 0.717) is 146 Å². The molecule has 2 aliphatic rings. The van der Waals surface area contributed by atoms with Gasteiger partial charge in [0.2, 0.25) is 47.3 Å². The van der Waals surface area contributed by atoms with Crippen molar-refractivity contribution < 1.29 is 143 Å². The summed E-state index contributed by atoms with van der Waals surface area (Å²) in [5, 5.41) is 18.9. The van der Waals surface area contributed by atoms with Gasteiger partial charge in [-0.05, 0) is 162 Å². The lowest BCUT2D eigenvalue weighted by atomic mass is 9.88. The molecule has 830 valence electrons. The summed E-state index contributed by atoms with van der Waals surface area (Å²) in [5.74, 6) is -8.85. The number of Topliss-reactive ketones (excluding diaryl/α,β-unsaturated/α-hetero) is 2. The van der Waals surface area contributed by atoms with Crippen LogP contribution in [0, 0.1) is 35.5 Å². The third-order valence-corrected chi connectivity index (χ3v) is 24.9. The Morgan fingerprint density at radius 3 is 1.64 bits per heavy atom. The summed E-state index contributed by atoms with van der Waals surface area (Å²) in [6.07, 6.45) is 2.88. The van der Waals surface area contributed by atoms with Crippen molar-refractivity contribution in [2.24, 2.45) is 41.2 Å². The van der Waals surface area contributed by atoms with Crippen LogP contribution in [0.5, 0.6) is 5.75 Å². The van der Waals surface area contributed by atoms with E-state index in [4.69, 9.17) is 67.3 Å². The topological polar surface area (TPSA) is 537 Å². The third kappa shape index (κ3) is 49.3. The number of benzene rings is 3. The van der Waals surface area contributed by atoms with E-state index in [1.807, 2.05) is 47.6 Å². The van der Waals surface area contributed by atoms with Crippen molar-refractivity contribution in [2.45, 2.75) is 236 Å². The number of hydrogen-bond donors (Lipinski definition) is 8. The quantitative estimate of drug-likeness (QED) is 0.00859. The number of urea groups is 1. The van der Waals surface area contributed by atoms with E-state index in [0.717, 1.165) is 21.8 Å². The molecule has 43 heteroatoms. The van der Waals surface area contributed by atoms with Crippen molar-refractivity contribution in [1.29, 1.82) is 0 Å². The van der Waals surface area contributed by atoms with Gasteiger partial charge in [0.25, 0.3) is 5.91 Å². The fraction of sp³-hybridized carbons (Fsp3) is 0.632. The number of esters is 2. The van der Waals surface area contributed by atoms with Crippen molar-refractivity contribution in [2.75, 3.05) is 177 Å². The average Bonchev–Trinajstić information content (AvgIpc) is 1.68. The number of imide groups is 1. The summed E-state index contributed by atoms with van der Waals surface area (Å²) in [5.41, 5.74) is 8.57. The molecule has 2 aliphatic heterocycles. The second-order valence-electron chi connectivity index (χ2n) is 38.1. The Balaban J connectivity index is 0.991. The number of likely N-dealkylation sites (tertiary alicyclic amines) is 1. The number of nitrogens with one attached hydrogen (secondary N) is 7. The highest BCUT2D eigenvalue weighted by Crippen LogP contribution is 2.27. The predicted molar refractivity (Wildman–Crippen MR) is 550 cm³/mol. The first-order valence-corrected chi connectivity index (χ1v) is 51.3. The van der Waals surface area contributed by atoms with Crippen molar-refractivity contribution in [3.63, 3.8) is 0 Å². The van der Waals surface area contributed by atoms with Crippen LogP contribution in [-0.2, 0) is 139 Å². The van der Waals surface area contributed by atoms with E-state index in [9.17, 15) is 81.5 Å². The minimum absolute atomic E-state index is 0.00170. The highest BCUT2D eigenvalue weighted by Gasteiger charge is 2.40. The molecule has 2 heterocycles. The molecule has 0 aromatic heterocycles. The van der Waals surface area contributed by atoms with Gasteiger partial charge in [-0.3, -0.25) is 63.0 Å². The lowest BCUT2D eigenvalue weighted by molar-refractivity contribution is -0.154. The van der Waals surface area contributed by atoms with Gasteiger partial charge in [0.1, 0.15) is 66.8 Å². The zero-order chi connectivity index (χ0) is 110. The van der Waals surface area contributed by atoms with Crippen LogP contribution in [0.25, 0.3) is 0 Å². The van der Waals surface area contributed by atoms with E-state index < -0.39 is 138 Å². The monoisotopic (exact) mass is 2100 g/mol. The second-order valence-corrected chi connectivity index (χ2v) is 38.1. The summed E-state index contributed by atoms with van der Waals surface area (Å²) in [7, 11) is 5.65. The fourth-order valence-electron chi connectivity index (χ4n) is 15.3. The highest BCUT2D eigenvalue weighted by molar-refractivity contribution is 6.04. The SMILES string of the molecule is C/C=C(\C)[C@H]1OC(=O)[C@@H](C)NC(=O)[C@H](C(C)CC)NC(=O)CN(C)C(=O)[C@@H](Cc2ccc(OC(=O)N(C)CCN(C)C(=O)OCc3ccc(NC(=O)OCc4ccc(NC(=O)[C@H](CCCNC(N)=O)NC(=O)[C@@H](CC(=O)CCOCCOCCOCCOCCOCCOCCOCCOCCCCC(=O)CCN5C(=O)CC(C)C5=O)C(C)C)cc4)cc3)cc2)N(C)C(=O)[C@H](C)NC(=O)[C@@H](CC(C)C)OC(=O)/C(C)=C/CC[C@@H]1C. The number of amides is 14. The van der Waals surface area contributed by atoms with Crippen molar-refractivity contribution in [3.05, 3.63) is 113 Å². The molecule has 0 aliphatic carbocycles. The normalized spacial score (nSPS) is 19.2. The van der Waals surface area contributed by atoms with Crippen molar-refractivity contribution in [1.82, 2.24) is 51.1 Å². The number of nitrogens with zero attached hydrogens (tertiary/aromatic N) is 5. The second kappa shape index (κ2) is 69.8. The molecular formula is C106H161N13O30. The largest absolute Gasteiger partial charge is 0.456 e. The molecule has 0 bridgehead atoms. The van der Waals surface area contributed by atoms with Gasteiger partial charge in [-0.2, -0.15) is 0 Å². The van der Waals surface area contributed by atoms with Crippen molar-refractivity contribution >= 4 is 112 Å². The van der Waals surface area contributed by atoms with Crippen LogP contribution in [-0.4, -0.2) is 335 Å². The smallest absolute Gasteiger partial charge is 0.415 e. The van der Waals surface area contributed by atoms with E-state index >= 15 is 0 Å². The van der Waals surface area contributed by atoms with Crippen molar-refractivity contribution in [3.8, 4) is 5.75 Å². The number of unbranched alkanes of at least 4 members (excludes halogenated alkanes) is 1. The maximum Gasteiger partial charge on any atom is 0.415 e. The summed E-state index contributed by atoms with van der Waals surface area (Å²) >= 11 is 0. The number of carbonyl (C=O) groups excluding carboxylic acids is 17. The fourth-order valence-corrected chi connectivity index (χ4v) is 15.3. The average molecular weight is 2100 g/mol. The predicted octanol–water partition coefficient (Wildman–Crippen LogP) is 8.87. The molecule has 1 fully saturated rings. The Labute approximate surface area is 874 Å². The standard InChI is InChI=1S/C106H161N13O30/c1-18-71(7)92-97(127)110-77(13)102(132)149-93(72(8)19-2)73(9)24-22-25-74(10)101(131)148-89(62-69(3)4)96(126)109-76(12)99(129)118(17)88(100(130)117(16)66-90(122)114-92)64-78-32-38-85(39-33-78)147-106(136)116(15)45-44-115(14)105(135)146-68-80-30-36-82(37-31-80)112-104(134)145-67-79-28-34-81(35-29-79)111-95(125)87(27-23-42-108-103(107)133)113-94(124)86(70(5)6)65-84(121)41-47-138-49-51-140-53-55-142-57-59-144-61-60-143-58-56-141-54-52-139-50-48-137-46-21-20-26-83(120)40-43-119-91(123)63-75(11)98(119)128/h19,25,28-39,69-71,73,75-77,86-89,92-93H,18,20-24,26-27,40-68H2,1-17H3,(H,109,126)(H,110,127)(H,111,125)(H,112,134)(H,113,124)(H,114,122)(H3,107,108,133)/b72-19+,74-25+/t71?,73-,75?,76-,77+,86-,87-,88+,89+,92-,93+/m0/s1. The maximum atomic E-state index is 14.8.